The maximum absolute atomic E-state index is 11.8. The summed E-state index contributed by atoms with van der Waals surface area (Å²) in [5.41, 5.74) is 0.763. The van der Waals surface area contributed by atoms with E-state index in [1.54, 1.807) is 12.1 Å². The standard InChI is InChI=1S/C18H19N5O3/c24-17(12-20-18(25)13-26-14-6-2-1-3-7-14)19-10-9-16-22-21-15-8-4-5-11-23(15)16/h1-8,11H,9-10,12-13H2,(H,19,24)(H,20,25). The van der Waals surface area contributed by atoms with Gasteiger partial charge in [0.05, 0.1) is 6.54 Å². The molecule has 134 valence electrons. The Morgan fingerprint density at radius 2 is 1.77 bits per heavy atom. The fraction of sp³-hybridized carbons (Fsp3) is 0.222. The molecular weight excluding hydrogens is 334 g/mol. The first-order valence-corrected chi connectivity index (χ1v) is 8.22. The lowest BCUT2D eigenvalue weighted by Gasteiger charge is -2.08. The number of hydrogen-bond donors (Lipinski definition) is 2. The lowest BCUT2D eigenvalue weighted by Crippen LogP contribution is -2.39. The van der Waals surface area contributed by atoms with Gasteiger partial charge in [0.2, 0.25) is 5.91 Å². The van der Waals surface area contributed by atoms with Crippen molar-refractivity contribution < 1.29 is 14.3 Å². The molecule has 0 saturated carbocycles. The van der Waals surface area contributed by atoms with Gasteiger partial charge in [-0.25, -0.2) is 0 Å². The molecule has 0 aliphatic rings. The van der Waals surface area contributed by atoms with Crippen molar-refractivity contribution in [3.8, 4) is 5.75 Å². The van der Waals surface area contributed by atoms with Crippen LogP contribution in [-0.4, -0.2) is 46.1 Å². The minimum atomic E-state index is -0.354. The van der Waals surface area contributed by atoms with Gasteiger partial charge in [-0.2, -0.15) is 0 Å². The molecule has 2 heterocycles. The van der Waals surface area contributed by atoms with E-state index in [1.165, 1.54) is 0 Å². The number of carbonyl (C=O) groups excluding carboxylic acids is 2. The smallest absolute Gasteiger partial charge is 0.258 e. The Kier molecular flexibility index (Phi) is 5.76. The van der Waals surface area contributed by atoms with Gasteiger partial charge >= 0.3 is 0 Å². The van der Waals surface area contributed by atoms with Crippen LogP contribution in [0.4, 0.5) is 0 Å². The molecule has 0 unspecified atom stereocenters. The summed E-state index contributed by atoms with van der Waals surface area (Å²) in [5, 5.41) is 13.4. The summed E-state index contributed by atoms with van der Waals surface area (Å²) < 4.78 is 7.18. The number of pyridine rings is 1. The second-order valence-electron chi connectivity index (χ2n) is 5.52. The van der Waals surface area contributed by atoms with E-state index in [-0.39, 0.29) is 25.0 Å². The number of nitrogens with one attached hydrogen (secondary N) is 2. The van der Waals surface area contributed by atoms with E-state index in [0.29, 0.717) is 18.7 Å². The highest BCUT2D eigenvalue weighted by Crippen LogP contribution is 2.07. The molecule has 0 aliphatic carbocycles. The van der Waals surface area contributed by atoms with Crippen LogP contribution in [0.25, 0.3) is 5.65 Å². The lowest BCUT2D eigenvalue weighted by molar-refractivity contribution is -0.127. The fourth-order valence-electron chi connectivity index (χ4n) is 2.33. The number of amides is 2. The third kappa shape index (κ3) is 4.79. The highest BCUT2D eigenvalue weighted by molar-refractivity contribution is 5.85. The van der Waals surface area contributed by atoms with Gasteiger partial charge in [0.25, 0.3) is 5.91 Å². The number of carbonyl (C=O) groups is 2. The molecule has 2 N–H and O–H groups in total. The van der Waals surface area contributed by atoms with Gasteiger partial charge in [0.15, 0.2) is 12.3 Å². The number of ether oxygens (including phenoxy) is 1. The van der Waals surface area contributed by atoms with E-state index >= 15 is 0 Å². The Balaban J connectivity index is 1.34. The zero-order valence-corrected chi connectivity index (χ0v) is 14.1. The summed E-state index contributed by atoms with van der Waals surface area (Å²) in [6.45, 7) is 0.172. The minimum Gasteiger partial charge on any atom is -0.484 e. The Morgan fingerprint density at radius 1 is 0.962 bits per heavy atom. The molecule has 0 bridgehead atoms. The maximum atomic E-state index is 11.8. The van der Waals surface area contributed by atoms with E-state index in [1.807, 2.05) is 47.0 Å². The highest BCUT2D eigenvalue weighted by atomic mass is 16.5. The highest BCUT2D eigenvalue weighted by Gasteiger charge is 2.08. The molecule has 26 heavy (non-hydrogen) atoms. The fourth-order valence-corrected chi connectivity index (χ4v) is 2.33. The number of fused-ring (bicyclic) bond motifs is 1. The van der Waals surface area contributed by atoms with Crippen LogP contribution < -0.4 is 15.4 Å². The molecular formula is C18H19N5O3. The summed E-state index contributed by atoms with van der Waals surface area (Å²) in [6.07, 6.45) is 2.42. The molecule has 0 fully saturated rings. The van der Waals surface area contributed by atoms with Crippen molar-refractivity contribution in [1.82, 2.24) is 25.2 Å². The summed E-state index contributed by atoms with van der Waals surface area (Å²) in [5.74, 6) is 0.744. The maximum Gasteiger partial charge on any atom is 0.258 e. The molecule has 8 heteroatoms. The molecule has 0 aliphatic heterocycles. The Bertz CT molecular complexity index is 879. The molecule has 2 amide bonds. The van der Waals surface area contributed by atoms with Crippen LogP contribution in [0.5, 0.6) is 5.75 Å². The van der Waals surface area contributed by atoms with Crippen LogP contribution in [0, 0.1) is 0 Å². The van der Waals surface area contributed by atoms with E-state index in [0.717, 1.165) is 11.5 Å². The molecule has 0 spiro atoms. The monoisotopic (exact) mass is 353 g/mol. The molecule has 0 atom stereocenters. The largest absolute Gasteiger partial charge is 0.484 e. The molecule has 0 radical (unpaired) electrons. The van der Waals surface area contributed by atoms with E-state index in [4.69, 9.17) is 4.74 Å². The van der Waals surface area contributed by atoms with Crippen molar-refractivity contribution in [2.45, 2.75) is 6.42 Å². The molecule has 1 aromatic carbocycles. The predicted molar refractivity (Wildman–Crippen MR) is 94.6 cm³/mol. The summed E-state index contributed by atoms with van der Waals surface area (Å²) in [7, 11) is 0. The van der Waals surface area contributed by atoms with Gasteiger partial charge in [-0.1, -0.05) is 24.3 Å². The number of aromatic nitrogens is 3. The molecule has 2 aromatic heterocycles. The summed E-state index contributed by atoms with van der Waals surface area (Å²) >= 11 is 0. The Morgan fingerprint density at radius 3 is 2.62 bits per heavy atom. The number of para-hydroxylation sites is 1. The van der Waals surface area contributed by atoms with Crippen molar-refractivity contribution in [1.29, 1.82) is 0 Å². The first-order chi connectivity index (χ1) is 12.7. The van der Waals surface area contributed by atoms with Crippen LogP contribution in [0.15, 0.2) is 54.7 Å². The Labute approximate surface area is 150 Å². The molecule has 8 nitrogen and oxygen atoms in total. The van der Waals surface area contributed by atoms with Crippen molar-refractivity contribution in [2.75, 3.05) is 19.7 Å². The van der Waals surface area contributed by atoms with E-state index in [9.17, 15) is 9.59 Å². The van der Waals surface area contributed by atoms with E-state index in [2.05, 4.69) is 20.8 Å². The molecule has 3 aromatic rings. The van der Waals surface area contributed by atoms with Crippen molar-refractivity contribution >= 4 is 17.5 Å². The van der Waals surface area contributed by atoms with Crippen LogP contribution in [0.2, 0.25) is 0 Å². The topological polar surface area (TPSA) is 97.6 Å². The zero-order valence-electron chi connectivity index (χ0n) is 14.1. The number of rotatable bonds is 8. The lowest BCUT2D eigenvalue weighted by atomic mass is 10.3. The van der Waals surface area contributed by atoms with Crippen LogP contribution in [0.3, 0.4) is 0 Å². The molecule has 0 saturated heterocycles. The average molecular weight is 353 g/mol. The number of hydrogen-bond acceptors (Lipinski definition) is 5. The SMILES string of the molecule is O=C(CNC(=O)COc1ccccc1)NCCc1nnc2ccccn12. The third-order valence-corrected chi connectivity index (χ3v) is 3.61. The van der Waals surface area contributed by atoms with Gasteiger partial charge in [0, 0.05) is 19.2 Å². The normalized spacial score (nSPS) is 10.5. The Hall–Kier alpha value is -3.42. The first kappa shape index (κ1) is 17.4. The van der Waals surface area contributed by atoms with Gasteiger partial charge in [0.1, 0.15) is 11.6 Å². The third-order valence-electron chi connectivity index (χ3n) is 3.61. The van der Waals surface area contributed by atoms with Crippen LogP contribution in [0.1, 0.15) is 5.82 Å². The van der Waals surface area contributed by atoms with Crippen LogP contribution >= 0.6 is 0 Å². The van der Waals surface area contributed by atoms with Crippen LogP contribution in [-0.2, 0) is 16.0 Å². The van der Waals surface area contributed by atoms with Crippen molar-refractivity contribution in [3.63, 3.8) is 0 Å². The van der Waals surface area contributed by atoms with Gasteiger partial charge < -0.3 is 15.4 Å². The quantitative estimate of drug-likeness (QED) is 0.617. The number of benzene rings is 1. The predicted octanol–water partition coefficient (Wildman–Crippen LogP) is 0.583. The van der Waals surface area contributed by atoms with Gasteiger partial charge in [-0.05, 0) is 24.3 Å². The first-order valence-electron chi connectivity index (χ1n) is 8.22. The zero-order chi connectivity index (χ0) is 18.2. The molecule has 3 rings (SSSR count). The van der Waals surface area contributed by atoms with Crippen molar-refractivity contribution in [3.05, 3.63) is 60.6 Å². The summed E-state index contributed by atoms with van der Waals surface area (Å²) in [4.78, 5) is 23.5. The van der Waals surface area contributed by atoms with Gasteiger partial charge in [-0.15, -0.1) is 10.2 Å². The van der Waals surface area contributed by atoms with E-state index < -0.39 is 0 Å². The van der Waals surface area contributed by atoms with Gasteiger partial charge in [-0.3, -0.25) is 14.0 Å². The van der Waals surface area contributed by atoms with Crippen molar-refractivity contribution in [2.24, 2.45) is 0 Å². The minimum absolute atomic E-state index is 0.0996. The average Bonchev–Trinajstić information content (AvgIpc) is 3.09. The second-order valence-corrected chi connectivity index (χ2v) is 5.52. The second kappa shape index (κ2) is 8.61. The number of nitrogens with zero attached hydrogens (tertiary/aromatic N) is 3. The summed E-state index contributed by atoms with van der Waals surface area (Å²) in [6, 6.07) is 14.7.